The zero-order valence-electron chi connectivity index (χ0n) is 7.82. The van der Waals surface area contributed by atoms with Crippen LogP contribution < -0.4 is 0 Å². The molecule has 0 aliphatic carbocycles. The van der Waals surface area contributed by atoms with E-state index in [0.717, 1.165) is 0 Å². The number of carboxylic acid groups (broad SMARTS) is 1. The summed E-state index contributed by atoms with van der Waals surface area (Å²) in [5.41, 5.74) is -1.23. The Morgan fingerprint density at radius 3 is 2.50 bits per heavy atom. The third-order valence-corrected chi connectivity index (χ3v) is 4.16. The number of carbonyl (C=O) groups is 1. The summed E-state index contributed by atoms with van der Waals surface area (Å²) in [5, 5.41) is 8.83. The number of carboxylic acids is 1. The molecule has 0 aromatic rings. The molecule has 0 saturated carbocycles. The second-order valence-corrected chi connectivity index (χ2v) is 5.26. The van der Waals surface area contributed by atoms with Crippen molar-refractivity contribution < 1.29 is 23.8 Å². The van der Waals surface area contributed by atoms with E-state index in [1.54, 1.807) is 0 Å². The van der Waals surface area contributed by atoms with Gasteiger partial charge in [0.1, 0.15) is 0 Å². The molecule has 1 aliphatic heterocycles. The Kier molecular flexibility index (Phi) is 3.85. The van der Waals surface area contributed by atoms with Crippen molar-refractivity contribution in [2.24, 2.45) is 0 Å². The Bertz CT molecular complexity index is 273. The molecule has 2 N–H and O–H groups in total. The van der Waals surface area contributed by atoms with Gasteiger partial charge >= 0.3 is 81.8 Å². The van der Waals surface area contributed by atoms with Gasteiger partial charge in [0.25, 0.3) is 0 Å². The number of rotatable bonds is 2. The van der Waals surface area contributed by atoms with Crippen molar-refractivity contribution in [2.45, 2.75) is 19.0 Å². The molecule has 80 valence electrons. The molecule has 0 spiro atoms. The van der Waals surface area contributed by atoms with Crippen molar-refractivity contribution in [3.63, 3.8) is 0 Å². The maximum atomic E-state index is 10.8. The SMILES string of the molecule is CC#CC(C(=O)O)[PH]1(O)OCCCO1. The Labute approximate surface area is 82.6 Å². The molecule has 1 heterocycles. The maximum absolute atomic E-state index is 10.8. The van der Waals surface area contributed by atoms with Gasteiger partial charge in [-0.05, 0) is 0 Å². The van der Waals surface area contributed by atoms with Gasteiger partial charge in [0.15, 0.2) is 0 Å². The second-order valence-electron chi connectivity index (χ2n) is 2.85. The standard InChI is InChI=1S/C8H13O5P/c1-2-4-7(8(9)10)14(11)12-5-3-6-13-14/h7,11,14H,3,5-6H2,1H3,(H,9,10). The fourth-order valence-electron chi connectivity index (χ4n) is 1.16. The van der Waals surface area contributed by atoms with Gasteiger partial charge in [-0.3, -0.25) is 0 Å². The quantitative estimate of drug-likeness (QED) is 0.520. The third kappa shape index (κ3) is 2.43. The molecule has 0 radical (unpaired) electrons. The fraction of sp³-hybridized carbons (Fsp3) is 0.625. The topological polar surface area (TPSA) is 76.0 Å². The predicted octanol–water partition coefficient (Wildman–Crippen LogP) is 0.387. The molecule has 14 heavy (non-hydrogen) atoms. The van der Waals surface area contributed by atoms with E-state index in [4.69, 9.17) is 14.2 Å². The molecule has 0 amide bonds. The average molecular weight is 220 g/mol. The molecule has 0 bridgehead atoms. The first-order valence-corrected chi connectivity index (χ1v) is 6.09. The van der Waals surface area contributed by atoms with Crippen molar-refractivity contribution in [3.05, 3.63) is 0 Å². The van der Waals surface area contributed by atoms with Crippen LogP contribution in [0.4, 0.5) is 0 Å². The van der Waals surface area contributed by atoms with Crippen LogP contribution in [0.2, 0.25) is 0 Å². The number of hydrogen-bond acceptors (Lipinski definition) is 4. The normalized spacial score (nSPS) is 24.1. The summed E-state index contributed by atoms with van der Waals surface area (Å²) in [4.78, 5) is 20.6. The van der Waals surface area contributed by atoms with E-state index in [2.05, 4.69) is 11.8 Å². The van der Waals surface area contributed by atoms with E-state index in [0.29, 0.717) is 19.6 Å². The molecule has 0 aromatic carbocycles. The molecule has 1 aliphatic rings. The molecule has 1 rings (SSSR count). The zero-order chi connectivity index (χ0) is 10.6. The molecule has 6 heteroatoms. The van der Waals surface area contributed by atoms with E-state index in [1.165, 1.54) is 6.92 Å². The summed E-state index contributed by atoms with van der Waals surface area (Å²) in [6.07, 6.45) is 0.668. The van der Waals surface area contributed by atoms with Gasteiger partial charge in [-0.15, -0.1) is 0 Å². The van der Waals surface area contributed by atoms with E-state index >= 15 is 0 Å². The van der Waals surface area contributed by atoms with Crippen LogP contribution in [-0.2, 0) is 13.8 Å². The monoisotopic (exact) mass is 220 g/mol. The Balaban J connectivity index is 2.82. The Morgan fingerprint density at radius 2 is 2.07 bits per heavy atom. The predicted molar refractivity (Wildman–Crippen MR) is 51.9 cm³/mol. The molecule has 0 aromatic heterocycles. The molecule has 5 nitrogen and oxygen atoms in total. The molecule has 1 atom stereocenters. The number of aliphatic carboxylic acids is 1. The van der Waals surface area contributed by atoms with Gasteiger partial charge in [0.2, 0.25) is 0 Å². The summed E-state index contributed by atoms with van der Waals surface area (Å²) in [6.45, 7) is 2.17. The van der Waals surface area contributed by atoms with Crippen LogP contribution in [-0.4, -0.2) is 34.8 Å². The molecule has 1 unspecified atom stereocenters. The Hall–Kier alpha value is -0.660. The van der Waals surface area contributed by atoms with E-state index < -0.39 is 19.6 Å². The summed E-state index contributed by atoms with van der Waals surface area (Å²) >= 11 is 0. The van der Waals surface area contributed by atoms with Crippen LogP contribution in [0.25, 0.3) is 0 Å². The molecule has 1 saturated heterocycles. The number of hydrogen-bond donors (Lipinski definition) is 2. The van der Waals surface area contributed by atoms with Crippen LogP contribution in [0, 0.1) is 11.8 Å². The zero-order valence-corrected chi connectivity index (χ0v) is 8.82. The van der Waals surface area contributed by atoms with Crippen LogP contribution >= 0.6 is 7.94 Å². The summed E-state index contributed by atoms with van der Waals surface area (Å²) in [7, 11) is -3.62. The Morgan fingerprint density at radius 1 is 1.50 bits per heavy atom. The van der Waals surface area contributed by atoms with Crippen molar-refractivity contribution in [1.82, 2.24) is 0 Å². The first kappa shape index (κ1) is 11.4. The van der Waals surface area contributed by atoms with Crippen molar-refractivity contribution in [3.8, 4) is 11.8 Å². The van der Waals surface area contributed by atoms with Crippen LogP contribution in [0.15, 0.2) is 0 Å². The first-order valence-electron chi connectivity index (χ1n) is 4.25. The van der Waals surface area contributed by atoms with Crippen LogP contribution in [0.3, 0.4) is 0 Å². The van der Waals surface area contributed by atoms with Gasteiger partial charge in [-0.1, -0.05) is 0 Å². The summed E-state index contributed by atoms with van der Waals surface area (Å²) in [5.74, 6) is 3.66. The minimum atomic E-state index is -3.62. The van der Waals surface area contributed by atoms with Crippen molar-refractivity contribution in [2.75, 3.05) is 13.2 Å². The van der Waals surface area contributed by atoms with Gasteiger partial charge < -0.3 is 0 Å². The van der Waals surface area contributed by atoms with E-state index in [9.17, 15) is 9.69 Å². The van der Waals surface area contributed by atoms with Crippen LogP contribution in [0.5, 0.6) is 0 Å². The van der Waals surface area contributed by atoms with Crippen molar-refractivity contribution >= 4 is 13.9 Å². The second kappa shape index (κ2) is 4.72. The molecular formula is C8H13O5P. The summed E-state index contributed by atoms with van der Waals surface area (Å²) in [6, 6.07) is 0. The molecule has 1 fully saturated rings. The molecular weight excluding hydrogens is 207 g/mol. The van der Waals surface area contributed by atoms with Crippen molar-refractivity contribution in [1.29, 1.82) is 0 Å². The van der Waals surface area contributed by atoms with E-state index in [1.807, 2.05) is 0 Å². The fourth-order valence-corrected chi connectivity index (χ4v) is 3.09. The average Bonchev–Trinajstić information content (AvgIpc) is 2.14. The first-order chi connectivity index (χ1) is 6.60. The van der Waals surface area contributed by atoms with Gasteiger partial charge in [-0.25, -0.2) is 0 Å². The van der Waals surface area contributed by atoms with Gasteiger partial charge in [-0.2, -0.15) is 0 Å². The third-order valence-electron chi connectivity index (χ3n) is 1.81. The summed E-state index contributed by atoms with van der Waals surface area (Å²) < 4.78 is 10.1. The van der Waals surface area contributed by atoms with Crippen LogP contribution in [0.1, 0.15) is 13.3 Å². The van der Waals surface area contributed by atoms with E-state index in [-0.39, 0.29) is 0 Å². The van der Waals surface area contributed by atoms with Gasteiger partial charge in [0, 0.05) is 0 Å². The minimum absolute atomic E-state index is 0.331. The van der Waals surface area contributed by atoms with Gasteiger partial charge in [0.05, 0.1) is 0 Å².